The fourth-order valence-corrected chi connectivity index (χ4v) is 4.43. The molecule has 3 heteroatoms. The average molecular weight is 450 g/mol. The molecule has 6 aromatic rings. The average Bonchev–Trinajstić information content (AvgIpc) is 2.93. The first-order chi connectivity index (χ1) is 17.3. The second-order valence-corrected chi connectivity index (χ2v) is 8.59. The van der Waals surface area contributed by atoms with Gasteiger partial charge in [-0.25, -0.2) is 0 Å². The predicted molar refractivity (Wildman–Crippen MR) is 147 cm³/mol. The maximum Gasteiger partial charge on any atom is 0.576 e. The number of benzene rings is 6. The van der Waals surface area contributed by atoms with Gasteiger partial charge < -0.3 is 9.31 Å². The maximum absolute atomic E-state index is 5.94. The van der Waals surface area contributed by atoms with Crippen LogP contribution in [0.1, 0.15) is 0 Å². The molecule has 35 heavy (non-hydrogen) atoms. The van der Waals surface area contributed by atoms with E-state index in [-0.39, 0.29) is 7.69 Å². The zero-order valence-electron chi connectivity index (χ0n) is 19.2. The van der Waals surface area contributed by atoms with Crippen LogP contribution >= 0.6 is 0 Å². The summed E-state index contributed by atoms with van der Waals surface area (Å²) in [4.78, 5) is 0. The minimum absolute atomic E-state index is 0.141. The van der Waals surface area contributed by atoms with Crippen LogP contribution in [-0.2, 0) is 0 Å². The number of rotatable bonds is 6. The molecule has 6 rings (SSSR count). The van der Waals surface area contributed by atoms with Crippen molar-refractivity contribution in [3.63, 3.8) is 0 Å². The summed E-state index contributed by atoms with van der Waals surface area (Å²) in [6.45, 7) is 0. The topological polar surface area (TPSA) is 18.5 Å². The van der Waals surface area contributed by atoms with E-state index < -0.39 is 0 Å². The van der Waals surface area contributed by atoms with E-state index in [1.54, 1.807) is 0 Å². The number of fused-ring (bicyclic) bond motifs is 2. The summed E-state index contributed by atoms with van der Waals surface area (Å²) in [5.74, 6) is 1.56. The van der Waals surface area contributed by atoms with Gasteiger partial charge in [0.2, 0.25) is 0 Å². The summed E-state index contributed by atoms with van der Waals surface area (Å²) in [5, 5.41) is 4.93. The van der Waals surface area contributed by atoms with Crippen LogP contribution in [0.3, 0.4) is 0 Å². The third kappa shape index (κ3) is 4.62. The second-order valence-electron chi connectivity index (χ2n) is 8.59. The fraction of sp³-hybridized carbons (Fsp3) is 0. The normalized spacial score (nSPS) is 10.9. The number of hydrogen-bond donors (Lipinski definition) is 0. The van der Waals surface area contributed by atoms with E-state index in [1.807, 2.05) is 24.3 Å². The van der Waals surface area contributed by atoms with Crippen molar-refractivity contribution in [2.24, 2.45) is 0 Å². The zero-order chi connectivity index (χ0) is 23.5. The van der Waals surface area contributed by atoms with Gasteiger partial charge in [-0.05, 0) is 80.2 Å². The molecular formula is C32H23BO2. The summed E-state index contributed by atoms with van der Waals surface area (Å²) < 4.78 is 11.9. The molecule has 2 nitrogen and oxygen atoms in total. The molecule has 0 aliphatic heterocycles. The highest BCUT2D eigenvalue weighted by Gasteiger charge is 2.06. The summed E-state index contributed by atoms with van der Waals surface area (Å²) in [5.41, 5.74) is 4.56. The Morgan fingerprint density at radius 2 is 0.771 bits per heavy atom. The molecule has 0 amide bonds. The summed E-state index contributed by atoms with van der Waals surface area (Å²) >= 11 is 0. The highest BCUT2D eigenvalue weighted by Crippen LogP contribution is 2.29. The molecule has 0 N–H and O–H groups in total. The molecule has 166 valence electrons. The molecule has 0 heterocycles. The molecule has 0 aliphatic carbocycles. The summed E-state index contributed by atoms with van der Waals surface area (Å²) in [6, 6.07) is 46.1. The largest absolute Gasteiger partial charge is 0.576 e. The molecule has 0 unspecified atom stereocenters. The van der Waals surface area contributed by atoms with E-state index >= 15 is 0 Å². The lowest BCUT2D eigenvalue weighted by atomic mass is 10.0. The third-order valence-electron chi connectivity index (χ3n) is 6.28. The summed E-state index contributed by atoms with van der Waals surface area (Å²) in [7, 11) is 0.141. The molecule has 0 atom stereocenters. The highest BCUT2D eigenvalue weighted by molar-refractivity contribution is 6.20. The zero-order valence-corrected chi connectivity index (χ0v) is 19.2. The molecular weight excluding hydrogens is 427 g/mol. The van der Waals surface area contributed by atoms with Crippen LogP contribution in [0, 0.1) is 0 Å². The third-order valence-corrected chi connectivity index (χ3v) is 6.28. The van der Waals surface area contributed by atoms with Gasteiger partial charge >= 0.3 is 7.69 Å². The Morgan fingerprint density at radius 3 is 1.26 bits per heavy atom. The maximum atomic E-state index is 5.94. The molecule has 0 fully saturated rings. The minimum Gasteiger partial charge on any atom is -0.529 e. The quantitative estimate of drug-likeness (QED) is 0.239. The molecule has 0 aromatic heterocycles. The minimum atomic E-state index is 0.141. The Balaban J connectivity index is 1.15. The predicted octanol–water partition coefficient (Wildman–Crippen LogP) is 8.05. The monoisotopic (exact) mass is 450 g/mol. The highest BCUT2D eigenvalue weighted by atomic mass is 16.6. The Morgan fingerprint density at radius 1 is 0.343 bits per heavy atom. The fourth-order valence-electron chi connectivity index (χ4n) is 4.43. The van der Waals surface area contributed by atoms with Crippen LogP contribution < -0.4 is 9.31 Å². The van der Waals surface area contributed by atoms with Crippen molar-refractivity contribution in [2.45, 2.75) is 0 Å². The second kappa shape index (κ2) is 9.40. The van der Waals surface area contributed by atoms with E-state index in [0.29, 0.717) is 0 Å². The Hall–Kier alpha value is -4.50. The molecule has 0 radical (unpaired) electrons. The molecule has 0 saturated carbocycles. The molecule has 0 aliphatic rings. The van der Waals surface area contributed by atoms with Crippen molar-refractivity contribution in [3.8, 4) is 33.8 Å². The van der Waals surface area contributed by atoms with Gasteiger partial charge in [-0.1, -0.05) is 97.1 Å². The lowest BCUT2D eigenvalue weighted by Crippen LogP contribution is -2.10. The molecule has 0 saturated heterocycles. The molecule has 6 aromatic carbocycles. The van der Waals surface area contributed by atoms with Crippen LogP contribution in [0.15, 0.2) is 133 Å². The van der Waals surface area contributed by atoms with Crippen LogP contribution in [0.5, 0.6) is 11.5 Å². The van der Waals surface area contributed by atoms with Gasteiger partial charge in [-0.3, -0.25) is 0 Å². The lowest BCUT2D eigenvalue weighted by Gasteiger charge is -2.11. The van der Waals surface area contributed by atoms with Crippen molar-refractivity contribution in [1.29, 1.82) is 0 Å². The van der Waals surface area contributed by atoms with Crippen LogP contribution in [0.4, 0.5) is 0 Å². The smallest absolute Gasteiger partial charge is 0.529 e. The van der Waals surface area contributed by atoms with Gasteiger partial charge in [0, 0.05) is 0 Å². The van der Waals surface area contributed by atoms with E-state index in [9.17, 15) is 0 Å². The standard InChI is InChI=1S/C32H23BO2/c1-3-9-25-19-29(17-15-23(25)7-1)27-11-5-13-31(21-27)34-33-35-32-14-6-12-28(22-32)30-18-16-24-8-2-4-10-26(24)20-30/h1-22,33H. The Labute approximate surface area is 205 Å². The van der Waals surface area contributed by atoms with Crippen LogP contribution in [-0.4, -0.2) is 7.69 Å². The van der Waals surface area contributed by atoms with Crippen LogP contribution in [0.2, 0.25) is 0 Å². The van der Waals surface area contributed by atoms with Gasteiger partial charge in [0.25, 0.3) is 0 Å². The van der Waals surface area contributed by atoms with Crippen molar-refractivity contribution in [1.82, 2.24) is 0 Å². The molecule has 0 spiro atoms. The van der Waals surface area contributed by atoms with Gasteiger partial charge in [0.1, 0.15) is 11.5 Å². The van der Waals surface area contributed by atoms with Crippen LogP contribution in [0.25, 0.3) is 43.8 Å². The lowest BCUT2D eigenvalue weighted by molar-refractivity contribution is 0.459. The molecule has 0 bridgehead atoms. The first-order valence-corrected chi connectivity index (χ1v) is 11.8. The SMILES string of the molecule is B(Oc1cccc(-c2ccc3ccccc3c2)c1)Oc1cccc(-c2ccc3ccccc3c2)c1. The van der Waals surface area contributed by atoms with Crippen molar-refractivity contribution in [2.75, 3.05) is 0 Å². The van der Waals surface area contributed by atoms with Crippen molar-refractivity contribution >= 4 is 29.2 Å². The Bertz CT molecular complexity index is 1520. The first kappa shape index (κ1) is 21.1. The van der Waals surface area contributed by atoms with Crippen molar-refractivity contribution < 1.29 is 9.31 Å². The van der Waals surface area contributed by atoms with E-state index in [1.165, 1.54) is 21.5 Å². The van der Waals surface area contributed by atoms with Crippen molar-refractivity contribution in [3.05, 3.63) is 133 Å². The van der Waals surface area contributed by atoms with Gasteiger partial charge in [0.15, 0.2) is 0 Å². The Kier molecular flexibility index (Phi) is 5.66. The first-order valence-electron chi connectivity index (χ1n) is 11.8. The van der Waals surface area contributed by atoms with Gasteiger partial charge in [0.05, 0.1) is 0 Å². The van der Waals surface area contributed by atoms with E-state index in [0.717, 1.165) is 33.8 Å². The van der Waals surface area contributed by atoms with E-state index in [2.05, 4.69) is 109 Å². The van der Waals surface area contributed by atoms with E-state index in [4.69, 9.17) is 9.31 Å². The summed E-state index contributed by atoms with van der Waals surface area (Å²) in [6.07, 6.45) is 0. The van der Waals surface area contributed by atoms with Gasteiger partial charge in [-0.2, -0.15) is 0 Å². The number of hydrogen-bond acceptors (Lipinski definition) is 2. The van der Waals surface area contributed by atoms with Gasteiger partial charge in [-0.15, -0.1) is 0 Å².